The van der Waals surface area contributed by atoms with Crippen molar-refractivity contribution in [2.24, 2.45) is 11.1 Å². The first-order valence-electron chi connectivity index (χ1n) is 18.4. The zero-order valence-corrected chi connectivity index (χ0v) is 30.3. The van der Waals surface area contributed by atoms with E-state index >= 15 is 0 Å². The van der Waals surface area contributed by atoms with Crippen LogP contribution in [0.15, 0.2) is 43.0 Å². The monoisotopic (exact) mass is 688 g/mol. The van der Waals surface area contributed by atoms with Crippen molar-refractivity contribution in [3.63, 3.8) is 0 Å². The molecule has 12 heteroatoms. The van der Waals surface area contributed by atoms with Gasteiger partial charge in [0, 0.05) is 87.2 Å². The Labute approximate surface area is 296 Å². The van der Waals surface area contributed by atoms with Gasteiger partial charge in [0.25, 0.3) is 5.91 Å². The largest absolute Gasteiger partial charge is 0.490 e. The Hall–Kier alpha value is -3.87. The van der Waals surface area contributed by atoms with E-state index in [1.165, 1.54) is 30.1 Å². The topological polar surface area (TPSA) is 113 Å². The number of benzene rings is 1. The average molecular weight is 689 g/mol. The molecule has 3 fully saturated rings. The normalized spacial score (nSPS) is 18.8. The number of hydrogen-bond acceptors (Lipinski definition) is 10. The second-order valence-corrected chi connectivity index (χ2v) is 14.3. The van der Waals surface area contributed by atoms with Gasteiger partial charge in [-0.1, -0.05) is 13.8 Å². The zero-order chi connectivity index (χ0) is 35.4. The Morgan fingerprint density at radius 3 is 2.56 bits per heavy atom. The third-order valence-corrected chi connectivity index (χ3v) is 10.3. The van der Waals surface area contributed by atoms with Crippen molar-refractivity contribution in [1.82, 2.24) is 29.7 Å². The molecule has 1 spiro atoms. The molecule has 3 aliphatic heterocycles. The molecule has 1 amide bonds. The molecule has 1 aromatic carbocycles. The molecule has 2 N–H and O–H groups in total. The Balaban J connectivity index is 0.00000212. The number of nitrogens with zero attached hydrogens (tertiary/aromatic N) is 7. The lowest BCUT2D eigenvalue weighted by Crippen LogP contribution is -2.65. The van der Waals surface area contributed by atoms with Crippen LogP contribution in [0, 0.1) is 11.2 Å². The summed E-state index contributed by atoms with van der Waals surface area (Å²) in [5.74, 6) is 1.59. The van der Waals surface area contributed by atoms with Crippen LogP contribution in [0.2, 0.25) is 0 Å². The second kappa shape index (κ2) is 15.6. The molecular formula is C38H53FN8O3. The van der Waals surface area contributed by atoms with Crippen molar-refractivity contribution < 1.29 is 18.7 Å². The summed E-state index contributed by atoms with van der Waals surface area (Å²) >= 11 is 0. The summed E-state index contributed by atoms with van der Waals surface area (Å²) in [7, 11) is 0. The summed E-state index contributed by atoms with van der Waals surface area (Å²) < 4.78 is 27.2. The van der Waals surface area contributed by atoms with Gasteiger partial charge in [-0.25, -0.2) is 14.4 Å². The molecule has 0 bridgehead atoms. The molecule has 1 aliphatic carbocycles. The number of ether oxygens (including phenoxy) is 2. The van der Waals surface area contributed by atoms with Crippen LogP contribution in [-0.4, -0.2) is 106 Å². The summed E-state index contributed by atoms with van der Waals surface area (Å²) in [6, 6.07) is 6.39. The van der Waals surface area contributed by atoms with Crippen LogP contribution in [0.3, 0.4) is 0 Å². The molecule has 270 valence electrons. The van der Waals surface area contributed by atoms with Crippen molar-refractivity contribution in [3.8, 4) is 17.2 Å². The maximum absolute atomic E-state index is 14.3. The van der Waals surface area contributed by atoms with Crippen LogP contribution >= 0.6 is 0 Å². The van der Waals surface area contributed by atoms with E-state index < -0.39 is 5.82 Å². The van der Waals surface area contributed by atoms with Crippen LogP contribution < -0.4 is 20.1 Å². The molecule has 5 heterocycles. The molecule has 4 aliphatic rings. The number of rotatable bonds is 12. The maximum Gasteiger partial charge on any atom is 0.257 e. The van der Waals surface area contributed by atoms with Crippen LogP contribution in [0.1, 0.15) is 75.5 Å². The number of amides is 1. The first kappa shape index (κ1) is 35.9. The van der Waals surface area contributed by atoms with E-state index in [1.807, 2.05) is 46.9 Å². The molecule has 1 saturated carbocycles. The van der Waals surface area contributed by atoms with Gasteiger partial charge in [0.1, 0.15) is 29.7 Å². The number of likely N-dealkylation sites (tertiary alicyclic amines) is 1. The number of aromatic nitrogens is 3. The van der Waals surface area contributed by atoms with E-state index in [-0.39, 0.29) is 34.8 Å². The van der Waals surface area contributed by atoms with Crippen LogP contribution in [-0.2, 0) is 13.0 Å². The molecule has 2 aromatic heterocycles. The predicted molar refractivity (Wildman–Crippen MR) is 192 cm³/mol. The van der Waals surface area contributed by atoms with E-state index in [9.17, 15) is 9.18 Å². The molecule has 0 unspecified atom stereocenters. The number of anilines is 1. The van der Waals surface area contributed by atoms with E-state index in [0.29, 0.717) is 24.2 Å². The molecular weight excluding hydrogens is 635 g/mol. The summed E-state index contributed by atoms with van der Waals surface area (Å²) in [6.07, 6.45) is 9.22. The summed E-state index contributed by atoms with van der Waals surface area (Å²) in [4.78, 5) is 35.6. The Morgan fingerprint density at radius 2 is 1.84 bits per heavy atom. The number of halogens is 1. The van der Waals surface area contributed by atoms with Gasteiger partial charge in [-0.3, -0.25) is 14.7 Å². The molecule has 0 atom stereocenters. The van der Waals surface area contributed by atoms with Crippen LogP contribution in [0.5, 0.6) is 17.2 Å². The maximum atomic E-state index is 14.3. The second-order valence-electron chi connectivity index (χ2n) is 14.3. The van der Waals surface area contributed by atoms with Gasteiger partial charge in [-0.05, 0) is 77.4 Å². The van der Waals surface area contributed by atoms with E-state index in [0.717, 1.165) is 89.5 Å². The molecule has 0 radical (unpaired) electrons. The van der Waals surface area contributed by atoms with Gasteiger partial charge in [0.2, 0.25) is 0 Å². The molecule has 11 nitrogen and oxygen atoms in total. The number of carbonyl (C=O) groups is 1. The minimum atomic E-state index is -0.491. The average Bonchev–Trinajstić information content (AvgIpc) is 3.06. The first-order valence-corrected chi connectivity index (χ1v) is 18.4. The first-order chi connectivity index (χ1) is 24.2. The Morgan fingerprint density at radius 1 is 1.08 bits per heavy atom. The Kier molecular flexibility index (Phi) is 11.2. The molecule has 50 heavy (non-hydrogen) atoms. The van der Waals surface area contributed by atoms with Gasteiger partial charge < -0.3 is 29.9 Å². The number of fused-ring (bicyclic) bond motifs is 1. The van der Waals surface area contributed by atoms with Gasteiger partial charge in [0.15, 0.2) is 11.6 Å². The Bertz CT molecular complexity index is 1620. The van der Waals surface area contributed by atoms with Crippen molar-refractivity contribution >= 4 is 11.7 Å². The van der Waals surface area contributed by atoms with Gasteiger partial charge in [-0.15, -0.1) is 0 Å². The van der Waals surface area contributed by atoms with Gasteiger partial charge >= 0.3 is 0 Å². The van der Waals surface area contributed by atoms with Crippen molar-refractivity contribution in [2.75, 3.05) is 57.3 Å². The number of carbonyl (C=O) groups excluding carboxylic acids is 1. The van der Waals surface area contributed by atoms with Crippen molar-refractivity contribution in [1.29, 1.82) is 0 Å². The van der Waals surface area contributed by atoms with Gasteiger partial charge in [-0.2, -0.15) is 0 Å². The highest BCUT2D eigenvalue weighted by molar-refractivity contribution is 5.97. The molecule has 7 rings (SSSR count). The van der Waals surface area contributed by atoms with Gasteiger partial charge in [0.05, 0.1) is 11.8 Å². The minimum Gasteiger partial charge on any atom is -0.490 e. The van der Waals surface area contributed by atoms with Crippen molar-refractivity contribution in [2.45, 2.75) is 85.0 Å². The van der Waals surface area contributed by atoms with E-state index in [1.54, 1.807) is 11.1 Å². The lowest BCUT2D eigenvalue weighted by molar-refractivity contribution is -0.0352. The highest BCUT2D eigenvalue weighted by Crippen LogP contribution is 2.52. The smallest absolute Gasteiger partial charge is 0.257 e. The third-order valence-electron chi connectivity index (χ3n) is 10.3. The fourth-order valence-electron chi connectivity index (χ4n) is 7.81. The quantitative estimate of drug-likeness (QED) is 0.275. The number of hydrogen-bond donors (Lipinski definition) is 1. The molecule has 2 saturated heterocycles. The third kappa shape index (κ3) is 7.72. The standard InChI is InChI=1S/C36H47FN8O3.C2H6/c1-4-45(24(2)3)35(46)28-14-25(37)6-7-31(28)48-33-17-39-23-41-34(33)44-21-36(22-44)15-27(16-36)47-32-8-10-40-30-9-13-42(20-29(30)32)11-5-12-43-18-26(38)19-43;1-2/h6-8,10,14,17,23-24,26-27H,4-5,9,11-13,15-16,18-22,38H2,1-3H3;1-2H3. The highest BCUT2D eigenvalue weighted by Gasteiger charge is 2.54. The summed E-state index contributed by atoms with van der Waals surface area (Å²) in [5, 5.41) is 0. The highest BCUT2D eigenvalue weighted by atomic mass is 19.1. The lowest BCUT2D eigenvalue weighted by Gasteiger charge is -2.59. The van der Waals surface area contributed by atoms with Crippen LogP contribution in [0.4, 0.5) is 10.2 Å². The molecule has 3 aromatic rings. The summed E-state index contributed by atoms with van der Waals surface area (Å²) in [6.45, 7) is 18.1. The SMILES string of the molecule is CC.CCN(C(=O)c1cc(F)ccc1Oc1cncnc1N1CC2(CC(Oc3ccnc4c3CN(CCCN3CC(N)C3)CC4)C2)C1)C(C)C. The fourth-order valence-corrected chi connectivity index (χ4v) is 7.81. The predicted octanol–water partition coefficient (Wildman–Crippen LogP) is 5.14. The number of pyridine rings is 1. The van der Waals surface area contributed by atoms with E-state index in [4.69, 9.17) is 15.2 Å². The van der Waals surface area contributed by atoms with Crippen LogP contribution in [0.25, 0.3) is 0 Å². The zero-order valence-electron chi connectivity index (χ0n) is 30.3. The summed E-state index contributed by atoms with van der Waals surface area (Å²) in [5.41, 5.74) is 8.68. The fraction of sp³-hybridized carbons (Fsp3) is 0.579. The van der Waals surface area contributed by atoms with Crippen molar-refractivity contribution in [3.05, 3.63) is 65.6 Å². The lowest BCUT2D eigenvalue weighted by atomic mass is 9.61. The van der Waals surface area contributed by atoms with E-state index in [2.05, 4.69) is 29.7 Å². The minimum absolute atomic E-state index is 0.0361. The number of nitrogens with two attached hydrogens (primary N) is 1.